The summed E-state index contributed by atoms with van der Waals surface area (Å²) in [5, 5.41) is 4.39. The maximum absolute atomic E-state index is 14.4. The summed E-state index contributed by atoms with van der Waals surface area (Å²) < 4.78 is 39.6. The van der Waals surface area contributed by atoms with Crippen LogP contribution in [0.15, 0.2) is 30.5 Å². The van der Waals surface area contributed by atoms with Crippen LogP contribution < -0.4 is 5.32 Å². The number of H-pyrrole nitrogens is 1. The van der Waals surface area contributed by atoms with Crippen LogP contribution in [-0.2, 0) is 9.47 Å². The molecule has 0 aromatic carbocycles. The number of anilines is 1. The first-order valence-corrected chi connectivity index (χ1v) is 15.6. The summed E-state index contributed by atoms with van der Waals surface area (Å²) in [5.41, 5.74) is 1.65. The molecule has 2 aliphatic heterocycles. The molecule has 2 saturated heterocycles. The molecular formula is C32H41ClF2N6O4. The van der Waals surface area contributed by atoms with Gasteiger partial charge < -0.3 is 24.7 Å². The maximum Gasteiger partial charge on any atom is 0.410 e. The van der Waals surface area contributed by atoms with Gasteiger partial charge in [-0.2, -0.15) is 0 Å². The zero-order valence-corrected chi connectivity index (χ0v) is 27.3. The molecule has 1 unspecified atom stereocenters. The first-order valence-electron chi connectivity index (χ1n) is 15.2. The van der Waals surface area contributed by atoms with E-state index in [9.17, 15) is 18.4 Å². The van der Waals surface area contributed by atoms with E-state index >= 15 is 0 Å². The lowest BCUT2D eigenvalue weighted by atomic mass is 9.93. The number of alkyl halides is 2. The number of ether oxygens (including phenoxy) is 2. The van der Waals surface area contributed by atoms with Crippen molar-refractivity contribution < 1.29 is 27.8 Å². The van der Waals surface area contributed by atoms with E-state index in [-0.39, 0.29) is 18.6 Å². The lowest BCUT2D eigenvalue weighted by Gasteiger charge is -2.33. The zero-order chi connectivity index (χ0) is 32.7. The van der Waals surface area contributed by atoms with Gasteiger partial charge in [0.25, 0.3) is 5.92 Å². The third-order valence-corrected chi connectivity index (χ3v) is 8.07. The monoisotopic (exact) mass is 646 g/mol. The van der Waals surface area contributed by atoms with Gasteiger partial charge in [-0.05, 0) is 78.6 Å². The fourth-order valence-corrected chi connectivity index (χ4v) is 5.95. The maximum atomic E-state index is 14.4. The van der Waals surface area contributed by atoms with Gasteiger partial charge in [-0.1, -0.05) is 11.6 Å². The quantitative estimate of drug-likeness (QED) is 0.296. The number of aromatic nitrogens is 3. The third-order valence-electron chi connectivity index (χ3n) is 7.76. The highest BCUT2D eigenvalue weighted by molar-refractivity contribution is 6.33. The van der Waals surface area contributed by atoms with Crippen LogP contribution in [0.1, 0.15) is 72.4 Å². The summed E-state index contributed by atoms with van der Waals surface area (Å²) in [6.07, 6.45) is 1.69. The Morgan fingerprint density at radius 2 is 1.73 bits per heavy atom. The van der Waals surface area contributed by atoms with E-state index < -0.39 is 42.2 Å². The fourth-order valence-electron chi connectivity index (χ4n) is 5.74. The molecule has 2 fully saturated rings. The van der Waals surface area contributed by atoms with Crippen LogP contribution in [0, 0.1) is 0 Å². The molecule has 10 nitrogen and oxygen atoms in total. The normalized spacial score (nSPS) is 19.2. The Morgan fingerprint density at radius 3 is 2.40 bits per heavy atom. The lowest BCUT2D eigenvalue weighted by Crippen LogP contribution is -2.43. The number of amides is 2. The van der Waals surface area contributed by atoms with Gasteiger partial charge in [-0.25, -0.2) is 28.3 Å². The molecule has 2 amide bonds. The summed E-state index contributed by atoms with van der Waals surface area (Å²) in [4.78, 5) is 40.7. The van der Waals surface area contributed by atoms with Crippen molar-refractivity contribution >= 4 is 40.6 Å². The van der Waals surface area contributed by atoms with Crippen LogP contribution in [0.5, 0.6) is 0 Å². The number of halogens is 3. The molecule has 3 aromatic heterocycles. The van der Waals surface area contributed by atoms with E-state index in [2.05, 4.69) is 21.4 Å². The molecule has 0 radical (unpaired) electrons. The molecular weight excluding hydrogens is 606 g/mol. The van der Waals surface area contributed by atoms with E-state index in [0.29, 0.717) is 35.3 Å². The van der Waals surface area contributed by atoms with Crippen molar-refractivity contribution in [3.8, 4) is 11.3 Å². The minimum Gasteiger partial charge on any atom is -0.444 e. The second-order valence-corrected chi connectivity index (χ2v) is 14.2. The number of hydrogen-bond donors (Lipinski definition) is 2. The van der Waals surface area contributed by atoms with Crippen molar-refractivity contribution in [2.45, 2.75) is 89.9 Å². The average Bonchev–Trinajstić information content (AvgIpc) is 3.51. The lowest BCUT2D eigenvalue weighted by molar-refractivity contribution is -0.00234. The van der Waals surface area contributed by atoms with E-state index in [1.54, 1.807) is 44.0 Å². The molecule has 1 atom stereocenters. The Bertz CT molecular complexity index is 1560. The summed E-state index contributed by atoms with van der Waals surface area (Å²) >= 11 is 6.63. The van der Waals surface area contributed by atoms with Gasteiger partial charge in [-0.15, -0.1) is 0 Å². The molecule has 2 aliphatic rings. The number of carbonyl (C=O) groups is 2. The third kappa shape index (κ3) is 7.95. The standard InChI is InChI=1S/C32H41ClF2N6O4/c1-30(2,3)44-28(42)40-13-10-19(11-14-40)24-15-22-21(9-12-36-27(22)38-24)26-23(33)7-8-25(39-26)37-17-20-16-32(34,35)18-41(20)29(43)45-31(4,5)6/h7-9,12,15,19-20H,10-11,13-14,16-18H2,1-6H3,(H,36,38)(H,37,39). The Morgan fingerprint density at radius 1 is 1.07 bits per heavy atom. The molecule has 3 aromatic rings. The summed E-state index contributed by atoms with van der Waals surface area (Å²) in [5.74, 6) is -2.37. The van der Waals surface area contributed by atoms with Crippen molar-refractivity contribution in [1.29, 1.82) is 0 Å². The van der Waals surface area contributed by atoms with Crippen LogP contribution in [-0.4, -0.2) is 86.3 Å². The van der Waals surface area contributed by atoms with E-state index in [0.717, 1.165) is 34.4 Å². The van der Waals surface area contributed by atoms with Crippen molar-refractivity contribution in [3.63, 3.8) is 0 Å². The molecule has 5 heterocycles. The van der Waals surface area contributed by atoms with Gasteiger partial charge in [0.1, 0.15) is 22.7 Å². The number of pyridine rings is 2. The smallest absolute Gasteiger partial charge is 0.410 e. The highest BCUT2D eigenvalue weighted by Gasteiger charge is 2.48. The van der Waals surface area contributed by atoms with Gasteiger partial charge in [0.2, 0.25) is 0 Å². The average molecular weight is 647 g/mol. The first kappa shape index (κ1) is 32.7. The number of aromatic amines is 1. The number of fused-ring (bicyclic) bond motifs is 1. The van der Waals surface area contributed by atoms with Crippen LogP contribution >= 0.6 is 11.6 Å². The molecule has 45 heavy (non-hydrogen) atoms. The minimum atomic E-state index is -3.01. The van der Waals surface area contributed by atoms with E-state index in [4.69, 9.17) is 26.1 Å². The molecule has 244 valence electrons. The number of rotatable bonds is 5. The van der Waals surface area contributed by atoms with Crippen molar-refractivity contribution in [2.75, 3.05) is 31.5 Å². The molecule has 0 saturated carbocycles. The van der Waals surface area contributed by atoms with Crippen LogP contribution in [0.25, 0.3) is 22.3 Å². The second kappa shape index (κ2) is 12.3. The fraction of sp³-hybridized carbons (Fsp3) is 0.562. The predicted molar refractivity (Wildman–Crippen MR) is 169 cm³/mol. The number of hydrogen-bond acceptors (Lipinski definition) is 7. The number of nitrogens with one attached hydrogen (secondary N) is 2. The minimum absolute atomic E-state index is 0.0605. The molecule has 0 spiro atoms. The molecule has 0 aliphatic carbocycles. The second-order valence-electron chi connectivity index (χ2n) is 13.8. The van der Waals surface area contributed by atoms with Gasteiger partial charge in [0.15, 0.2) is 0 Å². The van der Waals surface area contributed by atoms with E-state index in [1.807, 2.05) is 26.8 Å². The van der Waals surface area contributed by atoms with Crippen LogP contribution in [0.4, 0.5) is 24.2 Å². The van der Waals surface area contributed by atoms with Gasteiger partial charge in [0, 0.05) is 54.8 Å². The van der Waals surface area contributed by atoms with Gasteiger partial charge in [-0.3, -0.25) is 4.90 Å². The SMILES string of the molecule is CC(C)(C)OC(=O)N1CCC(c2cc3c(-c4nc(NCC5CC(F)(F)CN5C(=O)OC(C)(C)C)ccc4Cl)ccnc3[nH]2)CC1. The number of piperidine rings is 1. The van der Waals surface area contributed by atoms with Crippen molar-refractivity contribution in [3.05, 3.63) is 41.2 Å². The number of likely N-dealkylation sites (tertiary alicyclic amines) is 2. The molecule has 0 bridgehead atoms. The first-order chi connectivity index (χ1) is 21.0. The number of carbonyl (C=O) groups excluding carboxylic acids is 2. The van der Waals surface area contributed by atoms with Crippen LogP contribution in [0.2, 0.25) is 5.02 Å². The highest BCUT2D eigenvalue weighted by atomic mass is 35.5. The topological polar surface area (TPSA) is 113 Å². The summed E-state index contributed by atoms with van der Waals surface area (Å²) in [7, 11) is 0. The van der Waals surface area contributed by atoms with Gasteiger partial charge >= 0.3 is 12.2 Å². The van der Waals surface area contributed by atoms with E-state index in [1.165, 1.54) is 0 Å². The Kier molecular flexibility index (Phi) is 8.91. The van der Waals surface area contributed by atoms with Crippen molar-refractivity contribution in [2.24, 2.45) is 0 Å². The number of nitrogens with zero attached hydrogens (tertiary/aromatic N) is 4. The Hall–Kier alpha value is -3.67. The predicted octanol–water partition coefficient (Wildman–Crippen LogP) is 7.45. The summed E-state index contributed by atoms with van der Waals surface area (Å²) in [6.45, 7) is 11.2. The Labute approximate surface area is 266 Å². The highest BCUT2D eigenvalue weighted by Crippen LogP contribution is 2.37. The zero-order valence-electron chi connectivity index (χ0n) is 26.5. The Balaban J connectivity index is 1.31. The van der Waals surface area contributed by atoms with Crippen molar-refractivity contribution in [1.82, 2.24) is 24.8 Å². The molecule has 13 heteroatoms. The molecule has 2 N–H and O–H groups in total. The van der Waals surface area contributed by atoms with Crippen LogP contribution in [0.3, 0.4) is 0 Å². The van der Waals surface area contributed by atoms with Gasteiger partial charge in [0.05, 0.1) is 23.3 Å². The summed E-state index contributed by atoms with van der Waals surface area (Å²) in [6, 6.07) is 6.49. The molecule has 5 rings (SSSR count). The largest absolute Gasteiger partial charge is 0.444 e.